The first-order chi connectivity index (χ1) is 7.08. The Labute approximate surface area is 89.2 Å². The Hall–Kier alpha value is -0.870. The summed E-state index contributed by atoms with van der Waals surface area (Å²) in [7, 11) is 0. The molecule has 0 radical (unpaired) electrons. The number of fused-ring (bicyclic) bond motifs is 1. The van der Waals surface area contributed by atoms with Gasteiger partial charge in [0, 0.05) is 19.3 Å². The second kappa shape index (κ2) is 3.94. The highest BCUT2D eigenvalue weighted by molar-refractivity contribution is 5.66. The van der Waals surface area contributed by atoms with E-state index in [0.717, 1.165) is 5.57 Å². The van der Waals surface area contributed by atoms with Gasteiger partial charge in [-0.2, -0.15) is 0 Å². The van der Waals surface area contributed by atoms with E-state index >= 15 is 0 Å². The lowest BCUT2D eigenvalue weighted by molar-refractivity contribution is -0.223. The number of esters is 1. The molecule has 0 aliphatic carbocycles. The first-order valence-corrected chi connectivity index (χ1v) is 5.20. The van der Waals surface area contributed by atoms with Gasteiger partial charge in [0.15, 0.2) is 0 Å². The van der Waals surface area contributed by atoms with Gasteiger partial charge in [-0.3, -0.25) is 4.79 Å². The normalized spacial score (nSPS) is 40.0. The Morgan fingerprint density at radius 1 is 1.60 bits per heavy atom. The number of hydrogen-bond donors (Lipinski definition) is 0. The summed E-state index contributed by atoms with van der Waals surface area (Å²) in [5, 5.41) is 0. The van der Waals surface area contributed by atoms with Crippen molar-refractivity contribution in [2.45, 2.75) is 38.8 Å². The van der Waals surface area contributed by atoms with E-state index in [0.29, 0.717) is 13.0 Å². The van der Waals surface area contributed by atoms with Gasteiger partial charge in [-0.15, -0.1) is 0 Å². The van der Waals surface area contributed by atoms with Gasteiger partial charge in [0.2, 0.25) is 6.29 Å². The summed E-state index contributed by atoms with van der Waals surface area (Å²) >= 11 is 0. The summed E-state index contributed by atoms with van der Waals surface area (Å²) < 4.78 is 16.2. The van der Waals surface area contributed by atoms with E-state index in [1.807, 2.05) is 6.92 Å². The number of ether oxygens (including phenoxy) is 3. The van der Waals surface area contributed by atoms with Crippen LogP contribution in [0.4, 0.5) is 0 Å². The molecule has 0 saturated carbocycles. The molecule has 2 aliphatic heterocycles. The molecule has 0 aromatic rings. The maximum Gasteiger partial charge on any atom is 0.304 e. The lowest BCUT2D eigenvalue weighted by Gasteiger charge is -2.35. The first kappa shape index (κ1) is 10.6. The molecule has 2 fully saturated rings. The van der Waals surface area contributed by atoms with Crippen molar-refractivity contribution in [1.29, 1.82) is 0 Å². The second-order valence-electron chi connectivity index (χ2n) is 4.16. The fourth-order valence-electron chi connectivity index (χ4n) is 2.26. The van der Waals surface area contributed by atoms with Gasteiger partial charge in [-0.25, -0.2) is 0 Å². The zero-order valence-corrected chi connectivity index (χ0v) is 9.06. The molecule has 2 saturated heterocycles. The minimum atomic E-state index is -0.447. The molecule has 2 heterocycles. The molecule has 15 heavy (non-hydrogen) atoms. The fourth-order valence-corrected chi connectivity index (χ4v) is 2.26. The van der Waals surface area contributed by atoms with Crippen LogP contribution in [0, 0.1) is 5.92 Å². The number of carbonyl (C=O) groups is 1. The predicted octanol–water partition coefficient (Wildman–Crippen LogP) is 1.26. The average Bonchev–Trinajstić information content (AvgIpc) is 2.47. The summed E-state index contributed by atoms with van der Waals surface area (Å²) in [6.07, 6.45) is 0.238. The van der Waals surface area contributed by atoms with Crippen molar-refractivity contribution >= 4 is 5.97 Å². The van der Waals surface area contributed by atoms with E-state index in [-0.39, 0.29) is 24.1 Å². The molecule has 2 rings (SSSR count). The first-order valence-electron chi connectivity index (χ1n) is 5.20. The summed E-state index contributed by atoms with van der Waals surface area (Å²) in [5.41, 5.74) is 1.08. The molecule has 1 unspecified atom stereocenters. The molecule has 0 aromatic heterocycles. The summed E-state index contributed by atoms with van der Waals surface area (Å²) in [4.78, 5) is 10.8. The van der Waals surface area contributed by atoms with Gasteiger partial charge in [0.05, 0.1) is 18.8 Å². The van der Waals surface area contributed by atoms with Crippen LogP contribution in [-0.2, 0) is 19.0 Å². The highest BCUT2D eigenvalue weighted by Crippen LogP contribution is 2.37. The zero-order chi connectivity index (χ0) is 11.0. The molecule has 84 valence electrons. The maximum absolute atomic E-state index is 10.8. The van der Waals surface area contributed by atoms with Crippen molar-refractivity contribution in [3.05, 3.63) is 12.2 Å². The average molecular weight is 212 g/mol. The molecular weight excluding hydrogens is 196 g/mol. The molecule has 4 nitrogen and oxygen atoms in total. The van der Waals surface area contributed by atoms with Gasteiger partial charge in [-0.1, -0.05) is 6.58 Å². The van der Waals surface area contributed by atoms with Crippen LogP contribution >= 0.6 is 0 Å². The molecule has 0 amide bonds. The van der Waals surface area contributed by atoms with Gasteiger partial charge in [0.1, 0.15) is 0 Å². The van der Waals surface area contributed by atoms with Crippen LogP contribution in [0.25, 0.3) is 0 Å². The number of hydrogen-bond acceptors (Lipinski definition) is 4. The van der Waals surface area contributed by atoms with Crippen LogP contribution < -0.4 is 0 Å². The Morgan fingerprint density at radius 2 is 2.33 bits per heavy atom. The molecule has 0 N–H and O–H groups in total. The minimum absolute atomic E-state index is 0.0488. The third-order valence-corrected chi connectivity index (χ3v) is 2.96. The van der Waals surface area contributed by atoms with Crippen LogP contribution in [0.2, 0.25) is 0 Å². The van der Waals surface area contributed by atoms with Crippen molar-refractivity contribution in [2.75, 3.05) is 6.61 Å². The van der Waals surface area contributed by atoms with Crippen LogP contribution in [0.1, 0.15) is 20.3 Å². The van der Waals surface area contributed by atoms with Crippen molar-refractivity contribution in [1.82, 2.24) is 0 Å². The third kappa shape index (κ3) is 2.06. The highest BCUT2D eigenvalue weighted by Gasteiger charge is 2.43. The van der Waals surface area contributed by atoms with Crippen LogP contribution in [0.15, 0.2) is 12.2 Å². The quantitative estimate of drug-likeness (QED) is 0.485. The van der Waals surface area contributed by atoms with Crippen molar-refractivity contribution < 1.29 is 19.0 Å². The summed E-state index contributed by atoms with van der Waals surface area (Å²) in [6, 6.07) is 0. The van der Waals surface area contributed by atoms with Gasteiger partial charge in [0.25, 0.3) is 0 Å². The van der Waals surface area contributed by atoms with E-state index in [9.17, 15) is 4.79 Å². The number of carbonyl (C=O) groups excluding carboxylic acids is 1. The Balaban J connectivity index is 2.03. The molecule has 0 spiro atoms. The molecule has 0 aromatic carbocycles. The summed E-state index contributed by atoms with van der Waals surface area (Å²) in [5.74, 6) is -0.0479. The van der Waals surface area contributed by atoms with Crippen LogP contribution in [0.5, 0.6) is 0 Å². The fraction of sp³-hybridized carbons (Fsp3) is 0.727. The van der Waals surface area contributed by atoms with Gasteiger partial charge < -0.3 is 14.2 Å². The smallest absolute Gasteiger partial charge is 0.304 e. The van der Waals surface area contributed by atoms with Crippen molar-refractivity contribution in [3.8, 4) is 0 Å². The molecule has 4 atom stereocenters. The van der Waals surface area contributed by atoms with Crippen molar-refractivity contribution in [3.63, 3.8) is 0 Å². The van der Waals surface area contributed by atoms with Crippen molar-refractivity contribution in [2.24, 2.45) is 5.92 Å². The zero-order valence-electron chi connectivity index (χ0n) is 9.06. The minimum Gasteiger partial charge on any atom is -0.436 e. The molecular formula is C11H16O4. The largest absolute Gasteiger partial charge is 0.436 e. The molecule has 2 aliphatic rings. The predicted molar refractivity (Wildman–Crippen MR) is 53.1 cm³/mol. The molecule has 4 heteroatoms. The van der Waals surface area contributed by atoms with Gasteiger partial charge >= 0.3 is 5.97 Å². The Bertz CT molecular complexity index is 286. The van der Waals surface area contributed by atoms with E-state index < -0.39 is 6.29 Å². The molecule has 0 bridgehead atoms. The maximum atomic E-state index is 10.8. The number of rotatable bonds is 1. The highest BCUT2D eigenvalue weighted by atomic mass is 16.7. The van der Waals surface area contributed by atoms with Gasteiger partial charge in [-0.05, 0) is 12.5 Å². The monoisotopic (exact) mass is 212 g/mol. The SMILES string of the molecule is C=C1CO[C@H]2[C@@H]1CC(OC(C)=O)O[C@@H]2C. The standard InChI is InChI=1S/C11H16O4/c1-6-5-13-11-7(2)14-10(4-9(6)11)15-8(3)12/h7,9-11H,1,4-5H2,2-3H3/t7-,9-,10?,11-/m1/s1. The Morgan fingerprint density at radius 3 is 3.00 bits per heavy atom. The topological polar surface area (TPSA) is 44.8 Å². The lowest BCUT2D eigenvalue weighted by atomic mass is 9.89. The van der Waals surface area contributed by atoms with E-state index in [2.05, 4.69) is 6.58 Å². The summed E-state index contributed by atoms with van der Waals surface area (Å²) in [6.45, 7) is 7.88. The Kier molecular flexibility index (Phi) is 2.80. The van der Waals surface area contributed by atoms with E-state index in [1.54, 1.807) is 0 Å². The third-order valence-electron chi connectivity index (χ3n) is 2.96. The van der Waals surface area contributed by atoms with Crippen LogP contribution in [-0.4, -0.2) is 31.1 Å². The van der Waals surface area contributed by atoms with Crippen LogP contribution in [0.3, 0.4) is 0 Å². The lowest BCUT2D eigenvalue weighted by Crippen LogP contribution is -2.43. The van der Waals surface area contributed by atoms with E-state index in [4.69, 9.17) is 14.2 Å². The second-order valence-corrected chi connectivity index (χ2v) is 4.16. The van der Waals surface area contributed by atoms with E-state index in [1.165, 1.54) is 6.92 Å².